The van der Waals surface area contributed by atoms with Crippen molar-refractivity contribution in [2.45, 2.75) is 46.6 Å². The van der Waals surface area contributed by atoms with Gasteiger partial charge in [-0.1, -0.05) is 64.7 Å². The number of aryl methyl sites for hydroxylation is 2. The van der Waals surface area contributed by atoms with Crippen molar-refractivity contribution >= 4 is 28.5 Å². The predicted molar refractivity (Wildman–Crippen MR) is 109 cm³/mol. The third-order valence-electron chi connectivity index (χ3n) is 4.03. The van der Waals surface area contributed by atoms with Gasteiger partial charge in [-0.3, -0.25) is 0 Å². The summed E-state index contributed by atoms with van der Waals surface area (Å²) in [6.45, 7) is 11.4. The molecular weight excluding hydrogens is 385 g/mol. The van der Waals surface area contributed by atoms with E-state index in [9.17, 15) is 5.11 Å². The Hall–Kier alpha value is -0.366. The summed E-state index contributed by atoms with van der Waals surface area (Å²) in [5.74, 6) is 0.427. The molecule has 2 aromatic carbocycles. The van der Waals surface area contributed by atoms with E-state index in [1.807, 2.05) is 14.0 Å². The Morgan fingerprint density at radius 2 is 1.72 bits per heavy atom. The zero-order chi connectivity index (χ0) is 19.2. The number of phenols is 1. The number of benzene rings is 2. The average Bonchev–Trinajstić information content (AvgIpc) is 2.55. The molecule has 2 aromatic rings. The summed E-state index contributed by atoms with van der Waals surface area (Å²) in [5, 5.41) is 17.1. The summed E-state index contributed by atoms with van der Waals surface area (Å²) in [5.41, 5.74) is 4.80. The fourth-order valence-corrected chi connectivity index (χ4v) is 3.91. The monoisotopic (exact) mass is 411 g/mol. The predicted octanol–water partition coefficient (Wildman–Crippen LogP) is 5.13. The maximum atomic E-state index is 10.5. The molecule has 0 aliphatic heterocycles. The minimum atomic E-state index is 0.0759. The summed E-state index contributed by atoms with van der Waals surface area (Å²) in [4.78, 5) is 0. The van der Waals surface area contributed by atoms with E-state index in [2.05, 4.69) is 72.6 Å². The zero-order valence-electron chi connectivity index (χ0n) is 15.9. The van der Waals surface area contributed by atoms with E-state index in [1.54, 1.807) is 0 Å². The zero-order valence-corrected chi connectivity index (χ0v) is 19.2. The second-order valence-corrected chi connectivity index (χ2v) is 8.53. The molecule has 25 heavy (non-hydrogen) atoms. The third-order valence-corrected chi connectivity index (χ3v) is 5.43. The maximum absolute atomic E-state index is 10.5. The van der Waals surface area contributed by atoms with Gasteiger partial charge < -0.3 is 10.4 Å². The van der Waals surface area contributed by atoms with Crippen molar-refractivity contribution in [3.8, 4) is 5.75 Å². The fourth-order valence-electron chi connectivity index (χ4n) is 2.60. The third kappa shape index (κ3) is 6.38. The Morgan fingerprint density at radius 1 is 1.08 bits per heavy atom. The first-order valence-corrected chi connectivity index (χ1v) is 11.3. The first-order valence-electron chi connectivity index (χ1n) is 8.17. The van der Waals surface area contributed by atoms with Crippen LogP contribution < -0.4 is 10.6 Å². The SMILES string of the molecule is C[N-]Cc1cc(C)ccc1Pc1cc(C(C)(C)C)cc(C)c1O.[Cl][Ti+]. The Morgan fingerprint density at radius 3 is 2.28 bits per heavy atom. The first kappa shape index (κ1) is 22.7. The number of rotatable bonds is 4. The quantitative estimate of drug-likeness (QED) is 0.549. The Balaban J connectivity index is 0.00000151. The molecule has 0 aromatic heterocycles. The van der Waals surface area contributed by atoms with Crippen molar-refractivity contribution in [3.63, 3.8) is 0 Å². The number of hydrogen-bond donors (Lipinski definition) is 1. The number of nitrogens with zero attached hydrogens (tertiary/aromatic N) is 1. The minimum absolute atomic E-state index is 0.0759. The van der Waals surface area contributed by atoms with Crippen molar-refractivity contribution < 1.29 is 24.5 Å². The molecule has 5 heteroatoms. The van der Waals surface area contributed by atoms with Gasteiger partial charge in [0.25, 0.3) is 0 Å². The molecule has 0 saturated carbocycles. The van der Waals surface area contributed by atoms with Crippen molar-refractivity contribution in [1.82, 2.24) is 0 Å². The van der Waals surface area contributed by atoms with Crippen LogP contribution in [0.1, 0.15) is 43.0 Å². The van der Waals surface area contributed by atoms with Gasteiger partial charge in [0.1, 0.15) is 5.75 Å². The van der Waals surface area contributed by atoms with Gasteiger partial charge >= 0.3 is 28.7 Å². The number of aromatic hydroxyl groups is 1. The first-order chi connectivity index (χ1) is 11.7. The topological polar surface area (TPSA) is 34.3 Å². The van der Waals surface area contributed by atoms with Crippen LogP contribution in [0, 0.1) is 13.8 Å². The van der Waals surface area contributed by atoms with E-state index in [-0.39, 0.29) is 5.41 Å². The molecule has 2 rings (SSSR count). The Kier molecular flexibility index (Phi) is 9.16. The van der Waals surface area contributed by atoms with Gasteiger partial charge in [0.15, 0.2) is 0 Å². The number of hydrogen-bond acceptors (Lipinski definition) is 1. The summed E-state index contributed by atoms with van der Waals surface area (Å²) in [6, 6.07) is 10.8. The molecule has 1 atom stereocenters. The van der Waals surface area contributed by atoms with Gasteiger partial charge in [0, 0.05) is 5.30 Å². The van der Waals surface area contributed by atoms with E-state index in [0.29, 0.717) is 14.3 Å². The molecule has 0 fully saturated rings. The molecule has 0 aliphatic rings. The van der Waals surface area contributed by atoms with Crippen LogP contribution >= 0.6 is 17.9 Å². The van der Waals surface area contributed by atoms with Crippen LogP contribution in [-0.2, 0) is 31.3 Å². The molecule has 0 spiro atoms. The van der Waals surface area contributed by atoms with Gasteiger partial charge in [-0.2, -0.15) is 7.05 Å². The van der Waals surface area contributed by atoms with Crippen LogP contribution in [0.4, 0.5) is 0 Å². The molecule has 134 valence electrons. The second-order valence-electron chi connectivity index (χ2n) is 7.20. The van der Waals surface area contributed by atoms with Crippen LogP contribution in [0.3, 0.4) is 0 Å². The molecule has 0 saturated heterocycles. The number of phenolic OH excluding ortho intramolecular Hbond substituents is 1. The van der Waals surface area contributed by atoms with Crippen molar-refractivity contribution in [2.75, 3.05) is 7.05 Å². The van der Waals surface area contributed by atoms with Gasteiger partial charge in [-0.15, -0.1) is 6.54 Å². The van der Waals surface area contributed by atoms with Crippen molar-refractivity contribution in [3.05, 3.63) is 57.9 Å². The van der Waals surface area contributed by atoms with Gasteiger partial charge in [0.2, 0.25) is 0 Å². The molecule has 0 heterocycles. The second kappa shape index (κ2) is 10.1. The van der Waals surface area contributed by atoms with E-state index in [0.717, 1.165) is 17.4 Å². The Labute approximate surface area is 169 Å². The van der Waals surface area contributed by atoms with E-state index in [4.69, 9.17) is 0 Å². The van der Waals surface area contributed by atoms with Crippen LogP contribution in [0.25, 0.3) is 5.32 Å². The molecule has 0 amide bonds. The molecule has 1 N–H and O–H groups in total. The standard InChI is InChI=1S/C20H27NOP.ClH.Ti/c1-13-7-8-17(15(9-13)12-21-6)23-18-11-16(20(3,4)5)10-14(2)19(18)22;;/h7-11,22-23H,12H2,1-6H3;1H;/q-1;;+2/p-1. The van der Waals surface area contributed by atoms with E-state index >= 15 is 0 Å². The average molecular weight is 412 g/mol. The van der Waals surface area contributed by atoms with Crippen LogP contribution in [0.2, 0.25) is 0 Å². The van der Waals surface area contributed by atoms with Crippen LogP contribution in [0.5, 0.6) is 5.75 Å². The van der Waals surface area contributed by atoms with E-state index in [1.165, 1.54) is 41.4 Å². The van der Waals surface area contributed by atoms with Gasteiger partial charge in [0.05, 0.1) is 0 Å². The van der Waals surface area contributed by atoms with Crippen molar-refractivity contribution in [2.24, 2.45) is 0 Å². The van der Waals surface area contributed by atoms with Crippen LogP contribution in [0.15, 0.2) is 30.3 Å². The van der Waals surface area contributed by atoms with Crippen molar-refractivity contribution in [1.29, 1.82) is 0 Å². The molecule has 0 radical (unpaired) electrons. The molecule has 0 aliphatic carbocycles. The number of halogens is 1. The normalized spacial score (nSPS) is 11.4. The Bertz CT molecular complexity index is 714. The fraction of sp³-hybridized carbons (Fsp3) is 0.400. The van der Waals surface area contributed by atoms with E-state index < -0.39 is 0 Å². The molecular formula is C20H27ClNOPTi. The summed E-state index contributed by atoms with van der Waals surface area (Å²) >= 11 is 1.47. The molecule has 1 unspecified atom stereocenters. The van der Waals surface area contributed by atoms with Crippen LogP contribution in [-0.4, -0.2) is 12.2 Å². The molecule has 2 nitrogen and oxygen atoms in total. The molecule has 0 bridgehead atoms. The van der Waals surface area contributed by atoms with Gasteiger partial charge in [-0.05, 0) is 41.8 Å². The van der Waals surface area contributed by atoms with Gasteiger partial charge in [-0.25, -0.2) is 0 Å². The summed E-state index contributed by atoms with van der Waals surface area (Å²) in [6.07, 6.45) is 0. The summed E-state index contributed by atoms with van der Waals surface area (Å²) < 4.78 is 0. The summed E-state index contributed by atoms with van der Waals surface area (Å²) in [7, 11) is 6.93.